The fourth-order valence-corrected chi connectivity index (χ4v) is 2.60. The van der Waals surface area contributed by atoms with Crippen LogP contribution in [0.4, 0.5) is 0 Å². The van der Waals surface area contributed by atoms with Gasteiger partial charge in [0, 0.05) is 12.5 Å². The number of aromatic nitrogens is 2. The Morgan fingerprint density at radius 1 is 0.875 bits per heavy atom. The van der Waals surface area contributed by atoms with Crippen molar-refractivity contribution in [3.8, 4) is 0 Å². The van der Waals surface area contributed by atoms with E-state index in [9.17, 15) is 0 Å². The molecule has 0 saturated heterocycles. The minimum absolute atomic E-state index is 0.817. The molecule has 0 radical (unpaired) electrons. The van der Waals surface area contributed by atoms with Crippen molar-refractivity contribution in [2.45, 2.75) is 12.8 Å². The van der Waals surface area contributed by atoms with Crippen LogP contribution in [0.2, 0.25) is 0 Å². The van der Waals surface area contributed by atoms with Gasteiger partial charge in [-0.2, -0.15) is 0 Å². The molecule has 2 nitrogen and oxygen atoms in total. The highest BCUT2D eigenvalue weighted by molar-refractivity contribution is 9.11. The van der Waals surface area contributed by atoms with E-state index in [1.165, 1.54) is 5.56 Å². The average Bonchev–Trinajstić information content (AvgIpc) is 2.27. The molecular formula is C12H10Br2N2. The summed E-state index contributed by atoms with van der Waals surface area (Å²) in [5.74, 6) is 0.852. The fourth-order valence-electron chi connectivity index (χ4n) is 1.45. The van der Waals surface area contributed by atoms with Crippen LogP contribution in [-0.4, -0.2) is 9.97 Å². The number of halogens is 2. The summed E-state index contributed by atoms with van der Waals surface area (Å²) < 4.78 is 1.63. The van der Waals surface area contributed by atoms with Crippen LogP contribution in [-0.2, 0) is 12.8 Å². The van der Waals surface area contributed by atoms with Gasteiger partial charge in [-0.15, -0.1) is 0 Å². The fraction of sp³-hybridized carbons (Fsp3) is 0.167. The standard InChI is InChI=1S/C12H10Br2N2/c13-10-8-11(14)16-12(15-10)7-6-9-4-2-1-3-5-9/h1-5,8H,6-7H2. The molecule has 0 aliphatic heterocycles. The van der Waals surface area contributed by atoms with Gasteiger partial charge in [0.15, 0.2) is 0 Å². The number of rotatable bonds is 3. The first-order chi connectivity index (χ1) is 7.74. The predicted octanol–water partition coefficient (Wildman–Crippen LogP) is 3.79. The van der Waals surface area contributed by atoms with Crippen LogP contribution in [0.5, 0.6) is 0 Å². The molecule has 2 rings (SSSR count). The number of hydrogen-bond donors (Lipinski definition) is 0. The lowest BCUT2D eigenvalue weighted by Crippen LogP contribution is -1.98. The third-order valence-corrected chi connectivity index (χ3v) is 3.00. The van der Waals surface area contributed by atoms with Crippen LogP contribution in [0.3, 0.4) is 0 Å². The van der Waals surface area contributed by atoms with Crippen molar-refractivity contribution in [3.05, 3.63) is 57.0 Å². The molecule has 0 fully saturated rings. The van der Waals surface area contributed by atoms with E-state index in [0.29, 0.717) is 0 Å². The summed E-state index contributed by atoms with van der Waals surface area (Å²) in [4.78, 5) is 8.65. The zero-order valence-corrected chi connectivity index (χ0v) is 11.7. The molecule has 0 unspecified atom stereocenters. The van der Waals surface area contributed by atoms with E-state index >= 15 is 0 Å². The molecule has 0 atom stereocenters. The van der Waals surface area contributed by atoms with Crippen LogP contribution in [0.1, 0.15) is 11.4 Å². The van der Waals surface area contributed by atoms with Gasteiger partial charge in [0.25, 0.3) is 0 Å². The third-order valence-electron chi connectivity index (χ3n) is 2.19. The predicted molar refractivity (Wildman–Crippen MR) is 71.3 cm³/mol. The molecule has 16 heavy (non-hydrogen) atoms. The SMILES string of the molecule is Brc1cc(Br)nc(CCc2ccccc2)n1. The molecule has 0 amide bonds. The van der Waals surface area contributed by atoms with Crippen LogP contribution >= 0.6 is 31.9 Å². The van der Waals surface area contributed by atoms with Crippen LogP contribution in [0.25, 0.3) is 0 Å². The van der Waals surface area contributed by atoms with Gasteiger partial charge >= 0.3 is 0 Å². The van der Waals surface area contributed by atoms with Crippen molar-refractivity contribution < 1.29 is 0 Å². The summed E-state index contributed by atoms with van der Waals surface area (Å²) in [7, 11) is 0. The molecule has 1 aromatic carbocycles. The van der Waals surface area contributed by atoms with Crippen LogP contribution < -0.4 is 0 Å². The Balaban J connectivity index is 2.05. The van der Waals surface area contributed by atoms with Crippen molar-refractivity contribution in [1.29, 1.82) is 0 Å². The highest BCUT2D eigenvalue weighted by Gasteiger charge is 2.01. The Kier molecular flexibility index (Phi) is 4.07. The van der Waals surface area contributed by atoms with Gasteiger partial charge < -0.3 is 0 Å². The van der Waals surface area contributed by atoms with Crippen molar-refractivity contribution >= 4 is 31.9 Å². The van der Waals surface area contributed by atoms with Crippen molar-refractivity contribution in [2.24, 2.45) is 0 Å². The maximum absolute atomic E-state index is 4.32. The van der Waals surface area contributed by atoms with Crippen molar-refractivity contribution in [3.63, 3.8) is 0 Å². The summed E-state index contributed by atoms with van der Waals surface area (Å²) in [5, 5.41) is 0. The van der Waals surface area contributed by atoms with Gasteiger partial charge in [-0.1, -0.05) is 30.3 Å². The summed E-state index contributed by atoms with van der Waals surface area (Å²) in [6, 6.07) is 12.2. The average molecular weight is 342 g/mol. The smallest absolute Gasteiger partial charge is 0.131 e. The zero-order valence-electron chi connectivity index (χ0n) is 8.53. The van der Waals surface area contributed by atoms with E-state index in [1.54, 1.807) is 0 Å². The molecule has 0 spiro atoms. The van der Waals surface area contributed by atoms with E-state index in [2.05, 4.69) is 54.0 Å². The van der Waals surface area contributed by atoms with Gasteiger partial charge in [-0.3, -0.25) is 0 Å². The van der Waals surface area contributed by atoms with Crippen LogP contribution in [0, 0.1) is 0 Å². The molecule has 4 heteroatoms. The van der Waals surface area contributed by atoms with Gasteiger partial charge in [0.1, 0.15) is 15.0 Å². The van der Waals surface area contributed by atoms with E-state index in [4.69, 9.17) is 0 Å². The van der Waals surface area contributed by atoms with E-state index < -0.39 is 0 Å². The Bertz CT molecular complexity index is 451. The second-order valence-electron chi connectivity index (χ2n) is 3.42. The minimum atomic E-state index is 0.817. The molecule has 0 saturated carbocycles. The topological polar surface area (TPSA) is 25.8 Å². The molecule has 1 heterocycles. The summed E-state index contributed by atoms with van der Waals surface area (Å²) in [5.41, 5.74) is 1.31. The Morgan fingerprint density at radius 2 is 1.50 bits per heavy atom. The van der Waals surface area contributed by atoms with Gasteiger partial charge in [0.05, 0.1) is 0 Å². The first kappa shape index (κ1) is 11.7. The first-order valence-corrected chi connectivity index (χ1v) is 6.55. The Hall–Kier alpha value is -0.740. The maximum atomic E-state index is 4.32. The lowest BCUT2D eigenvalue weighted by molar-refractivity contribution is 0.844. The second kappa shape index (κ2) is 5.55. The molecular weight excluding hydrogens is 332 g/mol. The van der Waals surface area contributed by atoms with Crippen molar-refractivity contribution in [2.75, 3.05) is 0 Å². The molecule has 0 bridgehead atoms. The molecule has 0 aliphatic carbocycles. The zero-order chi connectivity index (χ0) is 11.4. The maximum Gasteiger partial charge on any atom is 0.131 e. The lowest BCUT2D eigenvalue weighted by atomic mass is 10.1. The normalized spacial score (nSPS) is 10.4. The Labute approximate surface area is 111 Å². The van der Waals surface area contributed by atoms with Gasteiger partial charge in [-0.25, -0.2) is 9.97 Å². The van der Waals surface area contributed by atoms with Gasteiger partial charge in [-0.05, 0) is 43.8 Å². The van der Waals surface area contributed by atoms with Gasteiger partial charge in [0.2, 0.25) is 0 Å². The first-order valence-electron chi connectivity index (χ1n) is 4.97. The summed E-state index contributed by atoms with van der Waals surface area (Å²) in [6.07, 6.45) is 1.81. The monoisotopic (exact) mass is 340 g/mol. The molecule has 1 aromatic heterocycles. The highest BCUT2D eigenvalue weighted by atomic mass is 79.9. The Morgan fingerprint density at radius 3 is 2.12 bits per heavy atom. The quantitative estimate of drug-likeness (QED) is 0.794. The summed E-state index contributed by atoms with van der Waals surface area (Å²) in [6.45, 7) is 0. The van der Waals surface area contributed by atoms with E-state index in [0.717, 1.165) is 27.9 Å². The van der Waals surface area contributed by atoms with Crippen molar-refractivity contribution in [1.82, 2.24) is 9.97 Å². The van der Waals surface area contributed by atoms with Crippen LogP contribution in [0.15, 0.2) is 45.6 Å². The number of aryl methyl sites for hydroxylation is 2. The number of nitrogens with zero attached hydrogens (tertiary/aromatic N) is 2. The lowest BCUT2D eigenvalue weighted by Gasteiger charge is -2.02. The largest absolute Gasteiger partial charge is 0.226 e. The highest BCUT2D eigenvalue weighted by Crippen LogP contribution is 2.14. The number of hydrogen-bond acceptors (Lipinski definition) is 2. The second-order valence-corrected chi connectivity index (χ2v) is 5.04. The van der Waals surface area contributed by atoms with E-state index in [-0.39, 0.29) is 0 Å². The van der Waals surface area contributed by atoms with E-state index in [1.807, 2.05) is 24.3 Å². The summed E-state index contributed by atoms with van der Waals surface area (Å²) >= 11 is 6.72. The molecule has 0 aliphatic rings. The minimum Gasteiger partial charge on any atom is -0.226 e. The molecule has 2 aromatic rings. The third kappa shape index (κ3) is 3.39. The molecule has 82 valence electrons. The number of benzene rings is 1. The molecule has 0 N–H and O–H groups in total.